The molecule has 0 aliphatic carbocycles. The highest BCUT2D eigenvalue weighted by Gasteiger charge is 2.19. The minimum atomic E-state index is -1.01. The number of hydrogen-bond donors (Lipinski definition) is 3. The fourth-order valence-corrected chi connectivity index (χ4v) is 1.77. The highest BCUT2D eigenvalue weighted by atomic mass is 16.5. The minimum absolute atomic E-state index is 0.143. The van der Waals surface area contributed by atoms with E-state index in [2.05, 4.69) is 5.32 Å². The van der Waals surface area contributed by atoms with Gasteiger partial charge in [0.05, 0.1) is 5.60 Å². The number of benzene rings is 1. The van der Waals surface area contributed by atoms with Crippen LogP contribution in [0.4, 0.5) is 0 Å². The molecule has 0 aliphatic rings. The molecule has 1 atom stereocenters. The van der Waals surface area contributed by atoms with Crippen LogP contribution in [0.25, 0.3) is 0 Å². The SMILES string of the molecule is COCCC(C)(O)CNCCOc1ccccc1C(=O)O. The molecule has 0 saturated carbocycles. The van der Waals surface area contributed by atoms with Gasteiger partial charge in [0.25, 0.3) is 0 Å². The molecule has 3 N–H and O–H groups in total. The smallest absolute Gasteiger partial charge is 0.339 e. The summed E-state index contributed by atoms with van der Waals surface area (Å²) in [7, 11) is 1.59. The van der Waals surface area contributed by atoms with Crippen LogP contribution in [-0.4, -0.2) is 55.2 Å². The number of aromatic carboxylic acids is 1. The van der Waals surface area contributed by atoms with Crippen molar-refractivity contribution >= 4 is 5.97 Å². The van der Waals surface area contributed by atoms with E-state index in [1.54, 1.807) is 32.2 Å². The third-order valence-electron chi connectivity index (χ3n) is 3.00. The molecule has 118 valence electrons. The number of methoxy groups -OCH3 is 1. The van der Waals surface area contributed by atoms with Crippen LogP contribution in [0.2, 0.25) is 0 Å². The third-order valence-corrected chi connectivity index (χ3v) is 3.00. The van der Waals surface area contributed by atoms with E-state index >= 15 is 0 Å². The van der Waals surface area contributed by atoms with Gasteiger partial charge in [0, 0.05) is 33.2 Å². The molecule has 1 aromatic carbocycles. The third kappa shape index (κ3) is 6.57. The van der Waals surface area contributed by atoms with Gasteiger partial charge in [-0.05, 0) is 19.1 Å². The van der Waals surface area contributed by atoms with Crippen LogP contribution in [0.5, 0.6) is 5.75 Å². The maximum atomic E-state index is 11.0. The van der Waals surface area contributed by atoms with E-state index in [9.17, 15) is 9.90 Å². The molecule has 0 radical (unpaired) electrons. The summed E-state index contributed by atoms with van der Waals surface area (Å²) < 4.78 is 10.4. The van der Waals surface area contributed by atoms with Crippen LogP contribution in [0.1, 0.15) is 23.7 Å². The minimum Gasteiger partial charge on any atom is -0.491 e. The number of carboxylic acid groups (broad SMARTS) is 1. The predicted molar refractivity (Wildman–Crippen MR) is 78.9 cm³/mol. The first-order valence-corrected chi connectivity index (χ1v) is 6.83. The maximum Gasteiger partial charge on any atom is 0.339 e. The largest absolute Gasteiger partial charge is 0.491 e. The molecule has 0 aromatic heterocycles. The maximum absolute atomic E-state index is 11.0. The van der Waals surface area contributed by atoms with Crippen molar-refractivity contribution in [2.24, 2.45) is 0 Å². The molecule has 1 rings (SSSR count). The molecule has 1 aromatic rings. The van der Waals surface area contributed by atoms with Crippen molar-refractivity contribution in [2.75, 3.05) is 33.4 Å². The second kappa shape index (κ2) is 8.61. The normalized spacial score (nSPS) is 13.7. The Morgan fingerprint density at radius 1 is 1.33 bits per heavy atom. The molecule has 1 unspecified atom stereocenters. The fraction of sp³-hybridized carbons (Fsp3) is 0.533. The highest BCUT2D eigenvalue weighted by Crippen LogP contribution is 2.17. The van der Waals surface area contributed by atoms with Crippen LogP contribution in [0.15, 0.2) is 24.3 Å². The van der Waals surface area contributed by atoms with E-state index < -0.39 is 11.6 Å². The summed E-state index contributed by atoms with van der Waals surface area (Å²) in [6.45, 7) is 3.48. The van der Waals surface area contributed by atoms with Gasteiger partial charge in [-0.15, -0.1) is 0 Å². The molecule has 0 aliphatic heterocycles. The van der Waals surface area contributed by atoms with Crippen molar-refractivity contribution in [2.45, 2.75) is 18.9 Å². The van der Waals surface area contributed by atoms with Crippen molar-refractivity contribution in [3.63, 3.8) is 0 Å². The lowest BCUT2D eigenvalue weighted by atomic mass is 10.0. The summed E-state index contributed by atoms with van der Waals surface area (Å²) in [6.07, 6.45) is 0.541. The summed E-state index contributed by atoms with van der Waals surface area (Å²) in [6, 6.07) is 6.51. The van der Waals surface area contributed by atoms with Gasteiger partial charge in [-0.1, -0.05) is 12.1 Å². The zero-order valence-electron chi connectivity index (χ0n) is 12.5. The van der Waals surface area contributed by atoms with Crippen LogP contribution in [-0.2, 0) is 4.74 Å². The molecule has 0 spiro atoms. The number of aliphatic hydroxyl groups is 1. The number of nitrogens with one attached hydrogen (secondary N) is 1. The first-order chi connectivity index (χ1) is 9.96. The summed E-state index contributed by atoms with van der Waals surface area (Å²) >= 11 is 0. The number of ether oxygens (including phenoxy) is 2. The van der Waals surface area contributed by atoms with Crippen LogP contribution < -0.4 is 10.1 Å². The number of rotatable bonds is 10. The lowest BCUT2D eigenvalue weighted by molar-refractivity contribution is 0.0246. The predicted octanol–water partition coefficient (Wildman–Crippen LogP) is 1.14. The van der Waals surface area contributed by atoms with Crippen molar-refractivity contribution < 1.29 is 24.5 Å². The summed E-state index contributed by atoms with van der Waals surface area (Å²) in [4.78, 5) is 11.0. The summed E-state index contributed by atoms with van der Waals surface area (Å²) in [5, 5.41) is 22.1. The van der Waals surface area contributed by atoms with E-state index in [0.717, 1.165) is 0 Å². The van der Waals surface area contributed by atoms with Crippen molar-refractivity contribution in [1.82, 2.24) is 5.32 Å². The van der Waals surface area contributed by atoms with Gasteiger partial charge in [0.2, 0.25) is 0 Å². The van der Waals surface area contributed by atoms with Crippen LogP contribution >= 0.6 is 0 Å². The average Bonchev–Trinajstić information content (AvgIpc) is 2.45. The van der Waals surface area contributed by atoms with Gasteiger partial charge < -0.3 is 25.0 Å². The van der Waals surface area contributed by atoms with Crippen molar-refractivity contribution in [1.29, 1.82) is 0 Å². The molecule has 0 bridgehead atoms. The van der Waals surface area contributed by atoms with Gasteiger partial charge in [0.15, 0.2) is 0 Å². The Hall–Kier alpha value is -1.63. The second-order valence-electron chi connectivity index (χ2n) is 5.07. The Labute approximate surface area is 124 Å². The topological polar surface area (TPSA) is 88.0 Å². The van der Waals surface area contributed by atoms with E-state index in [4.69, 9.17) is 14.6 Å². The van der Waals surface area contributed by atoms with E-state index in [1.165, 1.54) is 6.07 Å². The van der Waals surface area contributed by atoms with Gasteiger partial charge in [-0.25, -0.2) is 4.79 Å². The molecular weight excluding hydrogens is 274 g/mol. The van der Waals surface area contributed by atoms with Gasteiger partial charge >= 0.3 is 5.97 Å². The van der Waals surface area contributed by atoms with Gasteiger partial charge in [0.1, 0.15) is 17.9 Å². The lowest BCUT2D eigenvalue weighted by Crippen LogP contribution is -2.40. The Kier molecular flexibility index (Phi) is 7.14. The van der Waals surface area contributed by atoms with Crippen molar-refractivity contribution in [3.8, 4) is 5.75 Å². The fourth-order valence-electron chi connectivity index (χ4n) is 1.77. The zero-order chi connectivity index (χ0) is 15.7. The Morgan fingerprint density at radius 3 is 2.71 bits per heavy atom. The Morgan fingerprint density at radius 2 is 2.05 bits per heavy atom. The monoisotopic (exact) mass is 297 g/mol. The molecule has 21 heavy (non-hydrogen) atoms. The van der Waals surface area contributed by atoms with E-state index in [0.29, 0.717) is 38.5 Å². The van der Waals surface area contributed by atoms with E-state index in [1.807, 2.05) is 0 Å². The summed E-state index contributed by atoms with van der Waals surface area (Å²) in [5.74, 6) is -0.668. The second-order valence-corrected chi connectivity index (χ2v) is 5.07. The standard InChI is InChI=1S/C15H23NO5/c1-15(19,7-9-20-2)11-16-8-10-21-13-6-4-3-5-12(13)14(17)18/h3-6,16,19H,7-11H2,1-2H3,(H,17,18). The Bertz CT molecular complexity index is 447. The molecular formula is C15H23NO5. The molecule has 0 amide bonds. The highest BCUT2D eigenvalue weighted by molar-refractivity contribution is 5.90. The summed E-state index contributed by atoms with van der Waals surface area (Å²) in [5.41, 5.74) is -0.695. The first kappa shape index (κ1) is 17.4. The number of para-hydroxylation sites is 1. The van der Waals surface area contributed by atoms with E-state index in [-0.39, 0.29) is 5.56 Å². The molecule has 6 nitrogen and oxygen atoms in total. The zero-order valence-corrected chi connectivity index (χ0v) is 12.5. The molecule has 0 fully saturated rings. The average molecular weight is 297 g/mol. The number of hydrogen-bond acceptors (Lipinski definition) is 5. The molecule has 6 heteroatoms. The molecule has 0 heterocycles. The van der Waals surface area contributed by atoms with Crippen molar-refractivity contribution in [3.05, 3.63) is 29.8 Å². The molecule has 0 saturated heterocycles. The van der Waals surface area contributed by atoms with Gasteiger partial charge in [-0.3, -0.25) is 0 Å². The quantitative estimate of drug-likeness (QED) is 0.561. The van der Waals surface area contributed by atoms with Crippen LogP contribution in [0.3, 0.4) is 0 Å². The number of carboxylic acids is 1. The van der Waals surface area contributed by atoms with Gasteiger partial charge in [-0.2, -0.15) is 0 Å². The Balaban J connectivity index is 2.30. The lowest BCUT2D eigenvalue weighted by Gasteiger charge is -2.23. The first-order valence-electron chi connectivity index (χ1n) is 6.83. The number of carbonyl (C=O) groups is 1. The van der Waals surface area contributed by atoms with Crippen LogP contribution in [0, 0.1) is 0 Å².